The van der Waals surface area contributed by atoms with Gasteiger partial charge in [0.1, 0.15) is 0 Å². The minimum atomic E-state index is -1.19. The summed E-state index contributed by atoms with van der Waals surface area (Å²) in [7, 11) is 0. The second-order valence-corrected chi connectivity index (χ2v) is 3.55. The first kappa shape index (κ1) is 14.6. The van der Waals surface area contributed by atoms with Crippen LogP contribution in [0.5, 0.6) is 0 Å². The predicted octanol–water partition coefficient (Wildman–Crippen LogP) is -1.53. The van der Waals surface area contributed by atoms with Gasteiger partial charge in [0.25, 0.3) is 0 Å². The Kier molecular flexibility index (Phi) is 7.24. The van der Waals surface area contributed by atoms with Gasteiger partial charge < -0.3 is 11.6 Å². The van der Waals surface area contributed by atoms with Crippen LogP contribution in [0, 0.1) is 11.8 Å². The Labute approximate surface area is 127 Å². The van der Waals surface area contributed by atoms with Crippen molar-refractivity contribution in [3.05, 3.63) is 0 Å². The molecule has 4 nitrogen and oxygen atoms in total. The summed E-state index contributed by atoms with van der Waals surface area (Å²) in [5, 5.41) is 17.4. The van der Waals surface area contributed by atoms with E-state index in [1.54, 1.807) is 0 Å². The largest absolute Gasteiger partial charge is 1.00 e. The van der Waals surface area contributed by atoms with E-state index in [9.17, 15) is 9.59 Å². The van der Waals surface area contributed by atoms with Gasteiger partial charge in [-0.15, -0.1) is 0 Å². The third kappa shape index (κ3) is 3.98. The van der Waals surface area contributed by atoms with E-state index in [4.69, 9.17) is 10.2 Å². The fourth-order valence-corrected chi connectivity index (χ4v) is 1.98. The minimum absolute atomic E-state index is 0. The number of carbonyl (C=O) groups is 2. The molecule has 0 aromatic heterocycles. The smallest absolute Gasteiger partial charge is 1.00 e. The molecule has 5 heteroatoms. The fraction of sp³-hybridized carbons (Fsp3) is 0.778. The normalized spacial score (nSPS) is 17.5. The molecule has 1 fully saturated rings. The van der Waals surface area contributed by atoms with E-state index >= 15 is 0 Å². The van der Waals surface area contributed by atoms with Crippen molar-refractivity contribution in [1.29, 1.82) is 0 Å². The molecule has 0 spiro atoms. The van der Waals surface area contributed by atoms with Crippen LogP contribution in [-0.2, 0) is 9.59 Å². The summed E-state index contributed by atoms with van der Waals surface area (Å²) in [6, 6.07) is 0. The van der Waals surface area contributed by atoms with E-state index in [0.29, 0.717) is 0 Å². The van der Waals surface area contributed by atoms with Crippen molar-refractivity contribution in [3.8, 4) is 0 Å². The van der Waals surface area contributed by atoms with Gasteiger partial charge in [0.15, 0.2) is 5.92 Å². The molecule has 0 amide bonds. The van der Waals surface area contributed by atoms with Crippen molar-refractivity contribution in [2.24, 2.45) is 11.8 Å². The topological polar surface area (TPSA) is 74.6 Å². The maximum atomic E-state index is 10.7. The summed E-state index contributed by atoms with van der Waals surface area (Å²) in [6.45, 7) is 0. The zero-order chi connectivity index (χ0) is 9.84. The number of carboxylic acids is 2. The summed E-state index contributed by atoms with van der Waals surface area (Å²) in [5.74, 6) is -3.75. The maximum absolute atomic E-state index is 10.7. The van der Waals surface area contributed by atoms with Gasteiger partial charge >= 0.3 is 63.3 Å². The zero-order valence-corrected chi connectivity index (χ0v) is 11.5. The van der Waals surface area contributed by atoms with Crippen LogP contribution in [0.2, 0.25) is 0 Å². The van der Waals surface area contributed by atoms with Crippen LogP contribution in [0.1, 0.15) is 33.5 Å². The van der Waals surface area contributed by atoms with Gasteiger partial charge in [0.2, 0.25) is 0 Å². The van der Waals surface area contributed by atoms with Gasteiger partial charge in [-0.1, -0.05) is 19.3 Å². The second kappa shape index (κ2) is 6.95. The Morgan fingerprint density at radius 2 is 1.50 bits per heavy atom. The first-order valence-electron chi connectivity index (χ1n) is 4.58. The Bertz CT molecular complexity index is 202. The summed E-state index contributed by atoms with van der Waals surface area (Å²) in [5.41, 5.74) is 0. The number of hydrogen-bond donors (Lipinski definition) is 2. The van der Waals surface area contributed by atoms with E-state index in [1.165, 1.54) is 0 Å². The first-order valence-corrected chi connectivity index (χ1v) is 4.58. The Balaban J connectivity index is 0. The Hall–Kier alpha value is 0.576. The van der Waals surface area contributed by atoms with Crippen molar-refractivity contribution < 1.29 is 72.6 Å². The summed E-state index contributed by atoms with van der Waals surface area (Å²) in [4.78, 5) is 21.3. The van der Waals surface area contributed by atoms with Gasteiger partial charge in [0.05, 0.1) is 0 Å². The Morgan fingerprint density at radius 1 is 1.07 bits per heavy atom. The van der Waals surface area contributed by atoms with Crippen molar-refractivity contribution >= 4 is 11.9 Å². The number of rotatable bonds is 3. The molecule has 1 rings (SSSR count). The molecule has 76 valence electrons. The molecular weight excluding hydrogens is 211 g/mol. The van der Waals surface area contributed by atoms with E-state index in [-0.39, 0.29) is 58.7 Å². The van der Waals surface area contributed by atoms with Crippen molar-refractivity contribution in [3.63, 3.8) is 0 Å². The van der Waals surface area contributed by atoms with Crippen LogP contribution in [0.3, 0.4) is 0 Å². The number of hydrogen-bond acceptors (Lipinski definition) is 2. The molecule has 0 atom stereocenters. The summed E-state index contributed by atoms with van der Waals surface area (Å²) < 4.78 is 0. The molecule has 0 bridgehead atoms. The molecule has 0 aromatic carbocycles. The number of carboxylic acid groups (broad SMARTS) is 2. The van der Waals surface area contributed by atoms with Crippen LogP contribution in [0.25, 0.3) is 0 Å². The quantitative estimate of drug-likeness (QED) is 0.452. The van der Waals surface area contributed by atoms with Crippen molar-refractivity contribution in [1.82, 2.24) is 0 Å². The number of aliphatic carboxylic acids is 2. The van der Waals surface area contributed by atoms with E-state index in [0.717, 1.165) is 32.1 Å². The monoisotopic (exact) mass is 226 g/mol. The average molecular weight is 226 g/mol. The average Bonchev–Trinajstić information content (AvgIpc) is 2.04. The van der Waals surface area contributed by atoms with Crippen LogP contribution in [0.4, 0.5) is 0 Å². The van der Waals surface area contributed by atoms with Gasteiger partial charge in [0, 0.05) is 0 Å². The third-order valence-electron chi connectivity index (χ3n) is 2.65. The molecule has 14 heavy (non-hydrogen) atoms. The van der Waals surface area contributed by atoms with Crippen LogP contribution < -0.4 is 51.4 Å². The molecule has 0 radical (unpaired) electrons. The zero-order valence-electron chi connectivity index (χ0n) is 9.40. The summed E-state index contributed by atoms with van der Waals surface area (Å²) >= 11 is 0. The molecule has 0 saturated heterocycles. The van der Waals surface area contributed by atoms with Gasteiger partial charge in [-0.05, 0) is 18.8 Å². The fourth-order valence-electron chi connectivity index (χ4n) is 1.98. The third-order valence-corrected chi connectivity index (χ3v) is 2.65. The first-order chi connectivity index (χ1) is 6.13. The summed E-state index contributed by atoms with van der Waals surface area (Å²) in [6.07, 6.45) is 4.50. The van der Waals surface area contributed by atoms with Crippen molar-refractivity contribution in [2.75, 3.05) is 0 Å². The maximum Gasteiger partial charge on any atom is 1.00 e. The molecule has 0 unspecified atom stereocenters. The second-order valence-electron chi connectivity index (χ2n) is 3.55. The van der Waals surface area contributed by atoms with E-state index in [2.05, 4.69) is 0 Å². The molecule has 2 N–H and O–H groups in total. The van der Waals surface area contributed by atoms with Crippen LogP contribution in [-0.4, -0.2) is 22.2 Å². The van der Waals surface area contributed by atoms with E-state index in [1.807, 2.05) is 0 Å². The molecule has 1 saturated carbocycles. The molecular formula is C9H15KO4. The predicted molar refractivity (Wildman–Crippen MR) is 46.4 cm³/mol. The standard InChI is InChI=1S/C9H14O4.K.H/c10-8(11)7(9(12)13)6-4-2-1-3-5-6;;/h6-7H,1-5H2,(H,10,11)(H,12,13);;/q;+1;-1. The SMILES string of the molecule is O=C(O)C(C(=O)O)C1CCCCC1.[H-].[K+]. The van der Waals surface area contributed by atoms with Crippen LogP contribution >= 0.6 is 0 Å². The van der Waals surface area contributed by atoms with E-state index < -0.39 is 17.9 Å². The molecule has 1 aliphatic carbocycles. The van der Waals surface area contributed by atoms with Crippen molar-refractivity contribution in [2.45, 2.75) is 32.1 Å². The van der Waals surface area contributed by atoms with Gasteiger partial charge in [-0.3, -0.25) is 9.59 Å². The van der Waals surface area contributed by atoms with Crippen LogP contribution in [0.15, 0.2) is 0 Å². The molecule has 0 aromatic rings. The molecule has 1 aliphatic rings. The minimum Gasteiger partial charge on any atom is -1.00 e. The molecule has 0 heterocycles. The van der Waals surface area contributed by atoms with Gasteiger partial charge in [-0.25, -0.2) is 0 Å². The van der Waals surface area contributed by atoms with Gasteiger partial charge in [-0.2, -0.15) is 0 Å². The molecule has 0 aliphatic heterocycles. The Morgan fingerprint density at radius 3 is 1.86 bits per heavy atom.